The van der Waals surface area contributed by atoms with Crippen molar-refractivity contribution >= 4 is 44.7 Å². The van der Waals surface area contributed by atoms with Gasteiger partial charge in [0.25, 0.3) is 0 Å². The van der Waals surface area contributed by atoms with E-state index in [1.54, 1.807) is 49.7 Å². The summed E-state index contributed by atoms with van der Waals surface area (Å²) < 4.78 is 29.3. The van der Waals surface area contributed by atoms with Crippen LogP contribution in [0.2, 0.25) is 0 Å². The number of nitrogens with one attached hydrogen (secondary N) is 1. The van der Waals surface area contributed by atoms with E-state index >= 15 is 4.39 Å². The maximum Gasteiger partial charge on any atom is 0.247 e. The first-order valence-corrected chi connectivity index (χ1v) is 15.0. The van der Waals surface area contributed by atoms with Gasteiger partial charge in [0, 0.05) is 60.9 Å². The molecule has 44 heavy (non-hydrogen) atoms. The van der Waals surface area contributed by atoms with Crippen LogP contribution < -0.4 is 20.7 Å². The summed E-state index contributed by atoms with van der Waals surface area (Å²) in [7, 11) is 1.67. The fourth-order valence-electron chi connectivity index (χ4n) is 4.94. The molecule has 12 heteroatoms. The molecule has 0 unspecified atom stereocenters. The highest BCUT2D eigenvalue weighted by Crippen LogP contribution is 2.49. The fraction of sp³-hybridized carbons (Fsp3) is 0.250. The maximum atomic E-state index is 15.6. The normalized spacial score (nSPS) is 13.6. The Morgan fingerprint density at radius 3 is 2.64 bits per heavy atom. The molecule has 1 aliphatic rings. The molecule has 0 bridgehead atoms. The lowest BCUT2D eigenvalue weighted by Gasteiger charge is -2.26. The number of pyridine rings is 1. The predicted molar refractivity (Wildman–Crippen MR) is 167 cm³/mol. The molecular weight excluding hydrogens is 583 g/mol. The average molecular weight is 615 g/mol. The van der Waals surface area contributed by atoms with Crippen molar-refractivity contribution in [1.29, 1.82) is 0 Å². The first-order valence-electron chi connectivity index (χ1n) is 14.2. The zero-order chi connectivity index (χ0) is 30.7. The lowest BCUT2D eigenvalue weighted by molar-refractivity contribution is -0.133. The second-order valence-electron chi connectivity index (χ2n) is 10.5. The number of carbonyl (C=O) groups excluding carboxylic acids is 2. The molecule has 0 saturated heterocycles. The summed E-state index contributed by atoms with van der Waals surface area (Å²) in [6, 6.07) is 16.7. The van der Waals surface area contributed by atoms with Crippen molar-refractivity contribution in [1.82, 2.24) is 20.1 Å². The van der Waals surface area contributed by atoms with Crippen LogP contribution in [0.1, 0.15) is 12.8 Å². The number of rotatable bonds is 13. The minimum Gasteiger partial charge on any atom is -0.453 e. The van der Waals surface area contributed by atoms with E-state index in [4.69, 9.17) is 15.2 Å². The van der Waals surface area contributed by atoms with Crippen molar-refractivity contribution in [3.05, 3.63) is 85.1 Å². The summed E-state index contributed by atoms with van der Waals surface area (Å²) in [6.07, 6.45) is 6.13. The molecule has 6 rings (SSSR count). The standard InChI is InChI=1S/C32H31FN6O4S/c1-42-16-14-35-13-15-38-20-21(19-37-38)28-18-25-29(44-28)27(9-12-36-25)43-26-8-7-23(17-24(26)33)39(22-5-3-2-4-6-22)31(41)32(10-11-32)30(34)40/h2-9,12,17-20,35H,10-11,13-16H2,1H3,(H2,34,40). The van der Waals surface area contributed by atoms with Gasteiger partial charge in [-0.25, -0.2) is 4.39 Å². The van der Waals surface area contributed by atoms with Crippen LogP contribution in [0, 0.1) is 11.2 Å². The number of nitrogens with zero attached hydrogens (tertiary/aromatic N) is 4. The third-order valence-corrected chi connectivity index (χ3v) is 8.72. The van der Waals surface area contributed by atoms with E-state index in [1.165, 1.54) is 28.4 Å². The number of carbonyl (C=O) groups is 2. The van der Waals surface area contributed by atoms with Crippen LogP contribution in [-0.4, -0.2) is 53.4 Å². The number of methoxy groups -OCH3 is 1. The molecule has 226 valence electrons. The molecule has 5 aromatic rings. The van der Waals surface area contributed by atoms with E-state index in [9.17, 15) is 9.59 Å². The van der Waals surface area contributed by atoms with Crippen LogP contribution in [-0.2, 0) is 20.9 Å². The largest absolute Gasteiger partial charge is 0.453 e. The van der Waals surface area contributed by atoms with E-state index < -0.39 is 23.0 Å². The Balaban J connectivity index is 1.23. The summed E-state index contributed by atoms with van der Waals surface area (Å²) in [5.41, 5.74) is 6.75. The molecule has 0 aliphatic heterocycles. The van der Waals surface area contributed by atoms with Crippen molar-refractivity contribution < 1.29 is 23.5 Å². The number of hydrogen-bond acceptors (Lipinski definition) is 8. The SMILES string of the molecule is COCCNCCn1cc(-c2cc3nccc(Oc4ccc(N(C(=O)C5(C(N)=O)CC5)c5ccccc5)cc4F)c3s2)cn1. The number of thiophene rings is 1. The highest BCUT2D eigenvalue weighted by molar-refractivity contribution is 7.22. The molecule has 0 atom stereocenters. The monoisotopic (exact) mass is 614 g/mol. The Kier molecular flexibility index (Phi) is 8.38. The summed E-state index contributed by atoms with van der Waals surface area (Å²) in [4.78, 5) is 32.5. The lowest BCUT2D eigenvalue weighted by atomic mass is 10.0. The number of anilines is 2. The first-order chi connectivity index (χ1) is 21.4. The molecule has 3 aromatic heterocycles. The van der Waals surface area contributed by atoms with Crippen molar-refractivity contribution in [2.75, 3.05) is 31.7 Å². The van der Waals surface area contributed by atoms with Crippen LogP contribution in [0.3, 0.4) is 0 Å². The van der Waals surface area contributed by atoms with Gasteiger partial charge in [-0.05, 0) is 43.2 Å². The van der Waals surface area contributed by atoms with Crippen molar-refractivity contribution in [3.63, 3.8) is 0 Å². The Labute approximate surface area is 257 Å². The fourth-order valence-corrected chi connectivity index (χ4v) is 5.98. The number of ether oxygens (including phenoxy) is 2. The maximum absolute atomic E-state index is 15.6. The Morgan fingerprint density at radius 1 is 1.09 bits per heavy atom. The van der Waals surface area contributed by atoms with Crippen molar-refractivity contribution in [3.8, 4) is 21.9 Å². The van der Waals surface area contributed by atoms with E-state index in [2.05, 4.69) is 15.4 Å². The number of fused-ring (bicyclic) bond motifs is 1. The van der Waals surface area contributed by atoms with Gasteiger partial charge in [0.1, 0.15) is 11.2 Å². The van der Waals surface area contributed by atoms with Crippen molar-refractivity contribution in [2.24, 2.45) is 11.1 Å². The first kappa shape index (κ1) is 29.4. The summed E-state index contributed by atoms with van der Waals surface area (Å²) >= 11 is 1.48. The van der Waals surface area contributed by atoms with E-state index in [0.717, 1.165) is 33.7 Å². The number of aromatic nitrogens is 3. The van der Waals surface area contributed by atoms with Gasteiger partial charge >= 0.3 is 0 Å². The molecule has 1 saturated carbocycles. The number of nitrogens with two attached hydrogens (primary N) is 1. The van der Waals surface area contributed by atoms with Crippen molar-refractivity contribution in [2.45, 2.75) is 19.4 Å². The number of para-hydroxylation sites is 1. The van der Waals surface area contributed by atoms with Gasteiger partial charge in [0.15, 0.2) is 11.6 Å². The number of halogens is 1. The molecule has 2 amide bonds. The summed E-state index contributed by atoms with van der Waals surface area (Å²) in [6.45, 7) is 2.91. The third kappa shape index (κ3) is 5.91. The second kappa shape index (κ2) is 12.5. The minimum atomic E-state index is -1.28. The predicted octanol–water partition coefficient (Wildman–Crippen LogP) is 5.26. The smallest absolute Gasteiger partial charge is 0.247 e. The molecule has 2 aromatic carbocycles. The average Bonchev–Trinajstić information content (AvgIpc) is 3.51. The van der Waals surface area contributed by atoms with Gasteiger partial charge in [-0.2, -0.15) is 5.10 Å². The van der Waals surface area contributed by atoms with Gasteiger partial charge in [0.05, 0.1) is 35.3 Å². The van der Waals surface area contributed by atoms with Crippen LogP contribution in [0.15, 0.2) is 79.3 Å². The molecule has 3 heterocycles. The van der Waals surface area contributed by atoms with Crippen LogP contribution in [0.4, 0.5) is 15.8 Å². The van der Waals surface area contributed by atoms with Crippen LogP contribution >= 0.6 is 11.3 Å². The zero-order valence-electron chi connectivity index (χ0n) is 24.0. The Hall–Kier alpha value is -4.65. The quantitative estimate of drug-likeness (QED) is 0.137. The van der Waals surface area contributed by atoms with Gasteiger partial charge < -0.3 is 20.5 Å². The number of primary amides is 1. The summed E-state index contributed by atoms with van der Waals surface area (Å²) in [5.74, 6) is -1.38. The number of benzene rings is 2. The molecule has 10 nitrogen and oxygen atoms in total. The van der Waals surface area contributed by atoms with Gasteiger partial charge in [-0.1, -0.05) is 18.2 Å². The van der Waals surface area contributed by atoms with E-state index in [1.807, 2.05) is 29.2 Å². The summed E-state index contributed by atoms with van der Waals surface area (Å²) in [5, 5.41) is 7.76. The van der Waals surface area contributed by atoms with Crippen LogP contribution in [0.5, 0.6) is 11.5 Å². The molecule has 1 fully saturated rings. The second-order valence-corrected chi connectivity index (χ2v) is 11.6. The minimum absolute atomic E-state index is 0.0125. The van der Waals surface area contributed by atoms with Gasteiger partial charge in [-0.15, -0.1) is 11.3 Å². The van der Waals surface area contributed by atoms with Crippen LogP contribution in [0.25, 0.3) is 20.7 Å². The highest BCUT2D eigenvalue weighted by atomic mass is 32.1. The molecule has 0 spiro atoms. The highest BCUT2D eigenvalue weighted by Gasteiger charge is 2.57. The number of hydrogen-bond donors (Lipinski definition) is 2. The molecule has 1 aliphatic carbocycles. The Morgan fingerprint density at radius 2 is 1.91 bits per heavy atom. The molecular formula is C32H31FN6O4S. The van der Waals surface area contributed by atoms with Gasteiger partial charge in [0.2, 0.25) is 11.8 Å². The van der Waals surface area contributed by atoms with E-state index in [0.29, 0.717) is 37.4 Å². The number of amides is 2. The van der Waals surface area contributed by atoms with Gasteiger partial charge in [-0.3, -0.25) is 24.2 Å². The Bertz CT molecular complexity index is 1800. The van der Waals surface area contributed by atoms with E-state index in [-0.39, 0.29) is 11.4 Å². The topological polar surface area (TPSA) is 125 Å². The third-order valence-electron chi connectivity index (χ3n) is 7.54. The zero-order valence-corrected chi connectivity index (χ0v) is 24.9. The lowest BCUT2D eigenvalue weighted by Crippen LogP contribution is -2.41. The molecule has 0 radical (unpaired) electrons. The molecule has 3 N–H and O–H groups in total.